The van der Waals surface area contributed by atoms with E-state index < -0.39 is 58.4 Å². The summed E-state index contributed by atoms with van der Waals surface area (Å²) in [6.45, 7) is 1.48. The normalized spacial score (nSPS) is 24.8. The van der Waals surface area contributed by atoms with Crippen LogP contribution in [0.5, 0.6) is 17.2 Å². The summed E-state index contributed by atoms with van der Waals surface area (Å²) in [6, 6.07) is 8.22. The second-order valence-electron chi connectivity index (χ2n) is 8.22. The number of benzene rings is 2. The summed E-state index contributed by atoms with van der Waals surface area (Å²) in [4.78, 5) is 26.2. The highest BCUT2D eigenvalue weighted by molar-refractivity contribution is 6.30. The molecule has 168 valence electrons. The molecule has 6 N–H and O–H groups in total. The predicted octanol–water partition coefficient (Wildman–Crippen LogP) is 1.27. The van der Waals surface area contributed by atoms with E-state index in [2.05, 4.69) is 5.32 Å². The van der Waals surface area contributed by atoms with Crippen molar-refractivity contribution in [1.29, 1.82) is 0 Å². The lowest BCUT2D eigenvalue weighted by atomic mass is 9.69. The van der Waals surface area contributed by atoms with E-state index in [0.29, 0.717) is 5.75 Å². The minimum atomic E-state index is -1.85. The first kappa shape index (κ1) is 21.8. The molecule has 2 aromatic carbocycles. The number of anilines is 1. The Morgan fingerprint density at radius 3 is 2.38 bits per heavy atom. The Hall–Kier alpha value is -3.40. The van der Waals surface area contributed by atoms with Gasteiger partial charge in [0.25, 0.3) is 0 Å². The minimum Gasteiger partial charge on any atom is -0.507 e. The van der Waals surface area contributed by atoms with Crippen LogP contribution in [0.15, 0.2) is 41.5 Å². The molecule has 0 bridgehead atoms. The summed E-state index contributed by atoms with van der Waals surface area (Å²) in [7, 11) is 1.55. The lowest BCUT2D eigenvalue weighted by Gasteiger charge is -2.40. The number of rotatable bonds is 4. The maximum Gasteiger partial charge on any atom is 0.196 e. The van der Waals surface area contributed by atoms with Crippen molar-refractivity contribution in [1.82, 2.24) is 0 Å². The number of phenolic OH excluding ortho intramolecular Hbond substituents is 2. The standard InChI is InChI=1S/C23H23NO8/c1-23(31)8-12-15(21(29)22(23)30)20(28)16-14(25)7-13(19(27)17(16)18(12)26)24-9-10-3-5-11(32-2)6-4-10/h3-7,21-22,24-25,27,29-31H,8-9H2,1-2H3/t21-,22+,23-/m0/s1. The number of carbonyl (C=O) groups excluding carboxylic acids is 2. The van der Waals surface area contributed by atoms with E-state index in [9.17, 15) is 35.1 Å². The second-order valence-corrected chi connectivity index (χ2v) is 8.22. The number of fused-ring (bicyclic) bond motifs is 1. The number of carbonyl (C=O) groups is 2. The lowest BCUT2D eigenvalue weighted by Crippen LogP contribution is -2.54. The molecule has 0 aromatic heterocycles. The Kier molecular flexibility index (Phi) is 5.20. The van der Waals surface area contributed by atoms with Crippen LogP contribution in [0.2, 0.25) is 0 Å². The number of hydrogen-bond acceptors (Lipinski definition) is 9. The molecule has 2 aromatic rings. The van der Waals surface area contributed by atoms with E-state index in [1.165, 1.54) is 6.92 Å². The number of Topliss-reactive ketones (excluding diaryl/α,β-unsaturated/α-hetero) is 2. The fraction of sp³-hybridized carbons (Fsp3) is 0.304. The Labute approximate surface area is 183 Å². The van der Waals surface area contributed by atoms with Gasteiger partial charge >= 0.3 is 0 Å². The van der Waals surface area contributed by atoms with Gasteiger partial charge in [0.2, 0.25) is 0 Å². The molecule has 0 unspecified atom stereocenters. The number of aliphatic hydroxyl groups is 3. The Balaban J connectivity index is 1.72. The van der Waals surface area contributed by atoms with Crippen molar-refractivity contribution < 1.29 is 39.9 Å². The highest BCUT2D eigenvalue weighted by Gasteiger charge is 2.51. The van der Waals surface area contributed by atoms with E-state index in [1.807, 2.05) is 0 Å². The Morgan fingerprint density at radius 1 is 1.09 bits per heavy atom. The zero-order chi connectivity index (χ0) is 23.4. The van der Waals surface area contributed by atoms with Gasteiger partial charge in [-0.05, 0) is 24.6 Å². The topological polar surface area (TPSA) is 157 Å². The van der Waals surface area contributed by atoms with Crippen LogP contribution >= 0.6 is 0 Å². The monoisotopic (exact) mass is 441 g/mol. The highest BCUT2D eigenvalue weighted by atomic mass is 16.5. The molecule has 9 heteroatoms. The molecule has 2 aliphatic carbocycles. The van der Waals surface area contributed by atoms with Crippen LogP contribution in [0.25, 0.3) is 0 Å². The third kappa shape index (κ3) is 3.31. The summed E-state index contributed by atoms with van der Waals surface area (Å²) < 4.78 is 5.10. The first-order chi connectivity index (χ1) is 15.1. The Bertz CT molecular complexity index is 1150. The van der Waals surface area contributed by atoms with Crippen molar-refractivity contribution in [3.8, 4) is 17.2 Å². The molecule has 0 saturated carbocycles. The number of ketones is 2. The number of methoxy groups -OCH3 is 1. The highest BCUT2D eigenvalue weighted by Crippen LogP contribution is 2.46. The van der Waals surface area contributed by atoms with Crippen LogP contribution in [0, 0.1) is 0 Å². The van der Waals surface area contributed by atoms with Crippen LogP contribution in [0.4, 0.5) is 5.69 Å². The van der Waals surface area contributed by atoms with Crippen molar-refractivity contribution in [3.05, 3.63) is 58.2 Å². The summed E-state index contributed by atoms with van der Waals surface area (Å²) in [6.07, 6.45) is -3.90. The van der Waals surface area contributed by atoms with Gasteiger partial charge in [0.1, 0.15) is 23.7 Å². The van der Waals surface area contributed by atoms with E-state index in [-0.39, 0.29) is 23.4 Å². The lowest BCUT2D eigenvalue weighted by molar-refractivity contribution is -0.111. The fourth-order valence-electron chi connectivity index (χ4n) is 4.18. The molecule has 9 nitrogen and oxygen atoms in total. The van der Waals surface area contributed by atoms with E-state index in [4.69, 9.17) is 4.74 Å². The van der Waals surface area contributed by atoms with Crippen LogP contribution < -0.4 is 10.1 Å². The molecule has 0 saturated heterocycles. The molecule has 0 heterocycles. The number of nitrogens with one attached hydrogen (secondary N) is 1. The molecule has 0 spiro atoms. The first-order valence-electron chi connectivity index (χ1n) is 9.93. The summed E-state index contributed by atoms with van der Waals surface area (Å²) in [5.41, 5.74) is -2.43. The first-order valence-corrected chi connectivity index (χ1v) is 9.93. The third-order valence-corrected chi connectivity index (χ3v) is 5.99. The van der Waals surface area contributed by atoms with Crippen LogP contribution in [0.1, 0.15) is 39.6 Å². The van der Waals surface area contributed by atoms with Gasteiger partial charge < -0.3 is 35.6 Å². The van der Waals surface area contributed by atoms with Gasteiger partial charge in [0.15, 0.2) is 17.3 Å². The average molecular weight is 441 g/mol. The van der Waals surface area contributed by atoms with Gasteiger partial charge in [-0.3, -0.25) is 9.59 Å². The predicted molar refractivity (Wildman–Crippen MR) is 113 cm³/mol. The van der Waals surface area contributed by atoms with Crippen LogP contribution in [0.3, 0.4) is 0 Å². The molecule has 2 aliphatic rings. The van der Waals surface area contributed by atoms with Gasteiger partial charge in [0.05, 0.1) is 29.5 Å². The van der Waals surface area contributed by atoms with Crippen molar-refractivity contribution in [2.24, 2.45) is 0 Å². The average Bonchev–Trinajstić information content (AvgIpc) is 2.76. The third-order valence-electron chi connectivity index (χ3n) is 5.99. The van der Waals surface area contributed by atoms with Crippen LogP contribution in [-0.2, 0) is 6.54 Å². The van der Waals surface area contributed by atoms with E-state index >= 15 is 0 Å². The maximum absolute atomic E-state index is 13.2. The Morgan fingerprint density at radius 2 is 1.75 bits per heavy atom. The summed E-state index contributed by atoms with van der Waals surface area (Å²) in [5.74, 6) is -2.10. The quantitative estimate of drug-likeness (QED) is 0.304. The van der Waals surface area contributed by atoms with Gasteiger partial charge in [-0.15, -0.1) is 0 Å². The number of ether oxygens (including phenoxy) is 1. The molecular weight excluding hydrogens is 418 g/mol. The molecule has 32 heavy (non-hydrogen) atoms. The van der Waals surface area contributed by atoms with Crippen molar-refractivity contribution in [3.63, 3.8) is 0 Å². The molecule has 0 amide bonds. The number of hydrogen-bond donors (Lipinski definition) is 6. The van der Waals surface area contributed by atoms with Crippen molar-refractivity contribution in [2.75, 3.05) is 12.4 Å². The smallest absolute Gasteiger partial charge is 0.196 e. The SMILES string of the molecule is COc1ccc(CNc2cc(O)c3c(c2O)C(=O)C2=C(C3=O)[C@H](O)[C@@H](O)[C@@](C)(O)C2)cc1. The summed E-state index contributed by atoms with van der Waals surface area (Å²) in [5, 5.41) is 55.1. The number of aliphatic hydroxyl groups excluding tert-OH is 2. The fourth-order valence-corrected chi connectivity index (χ4v) is 4.18. The van der Waals surface area contributed by atoms with Gasteiger partial charge in [-0.2, -0.15) is 0 Å². The van der Waals surface area contributed by atoms with Crippen molar-refractivity contribution in [2.45, 2.75) is 37.7 Å². The second kappa shape index (κ2) is 7.63. The largest absolute Gasteiger partial charge is 0.507 e. The molecule has 0 aliphatic heterocycles. The van der Waals surface area contributed by atoms with Crippen LogP contribution in [-0.4, -0.2) is 62.0 Å². The molecular formula is C23H23NO8. The molecule has 3 atom stereocenters. The summed E-state index contributed by atoms with van der Waals surface area (Å²) >= 11 is 0. The number of aromatic hydroxyl groups is 2. The molecule has 0 radical (unpaired) electrons. The van der Waals surface area contributed by atoms with Gasteiger partial charge in [0, 0.05) is 30.2 Å². The maximum atomic E-state index is 13.2. The van der Waals surface area contributed by atoms with Crippen molar-refractivity contribution >= 4 is 17.3 Å². The minimum absolute atomic E-state index is 0.0328. The van der Waals surface area contributed by atoms with E-state index in [0.717, 1.165) is 11.6 Å². The zero-order valence-corrected chi connectivity index (χ0v) is 17.4. The van der Waals surface area contributed by atoms with Gasteiger partial charge in [-0.25, -0.2) is 0 Å². The zero-order valence-electron chi connectivity index (χ0n) is 17.4. The number of phenols is 2. The van der Waals surface area contributed by atoms with Gasteiger partial charge in [-0.1, -0.05) is 12.1 Å². The molecule has 4 rings (SSSR count). The van der Waals surface area contributed by atoms with E-state index in [1.54, 1.807) is 31.4 Å². The molecule has 0 fully saturated rings.